The molecule has 0 aliphatic carbocycles. The molecule has 0 aromatic heterocycles. The molecule has 4 rings (SSSR count). The smallest absolute Gasteiger partial charge is 0.411 e. The third-order valence-electron chi connectivity index (χ3n) is 6.29. The number of carbonyl (C=O) groups is 1. The first-order valence-corrected chi connectivity index (χ1v) is 12.0. The molecule has 2 aliphatic heterocycles. The number of rotatable bonds is 8. The molecule has 1 amide bonds. The largest absolute Gasteiger partial charge is 0.445 e. The normalized spacial score (nSPS) is 23.3. The van der Waals surface area contributed by atoms with Crippen molar-refractivity contribution < 1.29 is 24.1 Å². The zero-order valence-electron chi connectivity index (χ0n) is 19.5. The van der Waals surface area contributed by atoms with E-state index in [-0.39, 0.29) is 25.4 Å². The average Bonchev–Trinajstić information content (AvgIpc) is 2.88. The van der Waals surface area contributed by atoms with E-state index in [2.05, 4.69) is 16.8 Å². The van der Waals surface area contributed by atoms with Crippen LogP contribution in [0.25, 0.3) is 0 Å². The van der Waals surface area contributed by atoms with E-state index >= 15 is 0 Å². The molecule has 0 radical (unpaired) electrons. The second-order valence-electron chi connectivity index (χ2n) is 8.85. The maximum absolute atomic E-state index is 11.8. The van der Waals surface area contributed by atoms with Gasteiger partial charge in [-0.3, -0.25) is 5.32 Å². The zero-order valence-corrected chi connectivity index (χ0v) is 19.5. The summed E-state index contributed by atoms with van der Waals surface area (Å²) in [6, 6.07) is 15.4. The SMILES string of the molecule is C=CCOC(=O)Nc1ccc([C@@H]2O[C@H](CN3CCCCC3)C[C@H](c3ccc(CO)cc3)O2)cc1. The van der Waals surface area contributed by atoms with Gasteiger partial charge in [0.15, 0.2) is 6.29 Å². The van der Waals surface area contributed by atoms with Gasteiger partial charge in [0.1, 0.15) is 6.61 Å². The summed E-state index contributed by atoms with van der Waals surface area (Å²) in [4.78, 5) is 14.3. The van der Waals surface area contributed by atoms with Gasteiger partial charge in [0.25, 0.3) is 0 Å². The number of benzene rings is 2. The van der Waals surface area contributed by atoms with E-state index in [0.717, 1.165) is 42.7 Å². The standard InChI is InChI=1S/C27H34N2O5/c1-2-16-32-27(31)28-23-12-10-22(11-13-23)26-33-24(18-29-14-4-3-5-15-29)17-25(34-26)21-8-6-20(19-30)7-9-21/h2,6-13,24-26,30H,1,3-5,14-19H2,(H,28,31)/t24-,25+,26+/m0/s1. The highest BCUT2D eigenvalue weighted by Gasteiger charge is 2.33. The molecule has 34 heavy (non-hydrogen) atoms. The maximum Gasteiger partial charge on any atom is 0.411 e. The molecule has 2 N–H and O–H groups in total. The number of carbonyl (C=O) groups excluding carboxylic acids is 1. The fourth-order valence-corrected chi connectivity index (χ4v) is 4.48. The lowest BCUT2D eigenvalue weighted by atomic mass is 9.99. The van der Waals surface area contributed by atoms with Crippen molar-refractivity contribution >= 4 is 11.8 Å². The molecule has 0 bridgehead atoms. The van der Waals surface area contributed by atoms with Crippen molar-refractivity contribution in [1.82, 2.24) is 4.90 Å². The molecule has 2 aliphatic rings. The van der Waals surface area contributed by atoms with Crippen molar-refractivity contribution in [3.8, 4) is 0 Å². The Morgan fingerprint density at radius 3 is 2.44 bits per heavy atom. The van der Waals surface area contributed by atoms with Crippen LogP contribution >= 0.6 is 0 Å². The number of nitrogens with zero attached hydrogens (tertiary/aromatic N) is 1. The van der Waals surface area contributed by atoms with Gasteiger partial charge >= 0.3 is 6.09 Å². The Labute approximate surface area is 201 Å². The van der Waals surface area contributed by atoms with Crippen LogP contribution in [0.3, 0.4) is 0 Å². The van der Waals surface area contributed by atoms with E-state index in [0.29, 0.717) is 5.69 Å². The minimum atomic E-state index is -0.522. The van der Waals surface area contributed by atoms with Gasteiger partial charge in [-0.25, -0.2) is 4.79 Å². The predicted molar refractivity (Wildman–Crippen MR) is 130 cm³/mol. The minimum Gasteiger partial charge on any atom is -0.445 e. The molecule has 0 saturated carbocycles. The van der Waals surface area contributed by atoms with Gasteiger partial charge in [-0.2, -0.15) is 0 Å². The summed E-state index contributed by atoms with van der Waals surface area (Å²) in [6.45, 7) is 6.84. The van der Waals surface area contributed by atoms with E-state index in [9.17, 15) is 9.90 Å². The number of piperidine rings is 1. The number of hydrogen-bond acceptors (Lipinski definition) is 6. The van der Waals surface area contributed by atoms with Crippen molar-refractivity contribution in [3.05, 3.63) is 77.9 Å². The second-order valence-corrected chi connectivity index (χ2v) is 8.85. The Bertz CT molecular complexity index is 925. The fraction of sp³-hybridized carbons (Fsp3) is 0.444. The highest BCUT2D eigenvalue weighted by molar-refractivity contribution is 5.84. The first-order valence-electron chi connectivity index (χ1n) is 12.0. The summed E-state index contributed by atoms with van der Waals surface area (Å²) in [6.07, 6.45) is 4.99. The lowest BCUT2D eigenvalue weighted by Gasteiger charge is -2.39. The molecule has 2 heterocycles. The Hall–Kier alpha value is -2.71. The quantitative estimate of drug-likeness (QED) is 0.536. The van der Waals surface area contributed by atoms with E-state index in [1.165, 1.54) is 25.3 Å². The molecule has 3 atom stereocenters. The van der Waals surface area contributed by atoms with Gasteiger partial charge in [0.05, 0.1) is 18.8 Å². The summed E-state index contributed by atoms with van der Waals surface area (Å²) < 4.78 is 17.8. The first kappa shape index (κ1) is 24.4. The molecule has 7 heteroatoms. The summed E-state index contributed by atoms with van der Waals surface area (Å²) in [5, 5.41) is 12.1. The van der Waals surface area contributed by atoms with Crippen LogP contribution in [0.4, 0.5) is 10.5 Å². The third-order valence-corrected chi connectivity index (χ3v) is 6.29. The van der Waals surface area contributed by atoms with Crippen LogP contribution in [0.15, 0.2) is 61.2 Å². The van der Waals surface area contributed by atoms with Gasteiger partial charge in [-0.05, 0) is 49.2 Å². The Morgan fingerprint density at radius 2 is 1.76 bits per heavy atom. The molecule has 182 valence electrons. The predicted octanol–water partition coefficient (Wildman–Crippen LogP) is 4.94. The topological polar surface area (TPSA) is 80.3 Å². The minimum absolute atomic E-state index is 0.0244. The highest BCUT2D eigenvalue weighted by atomic mass is 16.7. The van der Waals surface area contributed by atoms with Gasteiger partial charge in [0, 0.05) is 24.2 Å². The zero-order chi connectivity index (χ0) is 23.8. The van der Waals surface area contributed by atoms with Crippen molar-refractivity contribution in [1.29, 1.82) is 0 Å². The number of hydrogen-bond donors (Lipinski definition) is 2. The van der Waals surface area contributed by atoms with E-state index < -0.39 is 12.4 Å². The van der Waals surface area contributed by atoms with E-state index in [4.69, 9.17) is 14.2 Å². The summed E-state index contributed by atoms with van der Waals surface area (Å²) in [5.41, 5.74) is 3.49. The van der Waals surface area contributed by atoms with Crippen molar-refractivity contribution in [2.75, 3.05) is 31.6 Å². The summed E-state index contributed by atoms with van der Waals surface area (Å²) >= 11 is 0. The molecule has 2 aromatic rings. The summed E-state index contributed by atoms with van der Waals surface area (Å²) in [7, 11) is 0. The lowest BCUT2D eigenvalue weighted by Crippen LogP contribution is -2.41. The number of ether oxygens (including phenoxy) is 3. The molecular weight excluding hydrogens is 432 g/mol. The van der Waals surface area contributed by atoms with Crippen molar-refractivity contribution in [3.63, 3.8) is 0 Å². The molecular formula is C27H34N2O5. The van der Waals surface area contributed by atoms with E-state index in [1.54, 1.807) is 0 Å². The fourth-order valence-electron chi connectivity index (χ4n) is 4.48. The van der Waals surface area contributed by atoms with Crippen LogP contribution in [0, 0.1) is 0 Å². The molecule has 7 nitrogen and oxygen atoms in total. The molecule has 2 fully saturated rings. The van der Waals surface area contributed by atoms with Crippen molar-refractivity contribution in [2.24, 2.45) is 0 Å². The Kier molecular flexibility index (Phi) is 8.71. The summed E-state index contributed by atoms with van der Waals surface area (Å²) in [5.74, 6) is 0. The van der Waals surface area contributed by atoms with E-state index in [1.807, 2.05) is 48.5 Å². The van der Waals surface area contributed by atoms with Crippen LogP contribution in [-0.4, -0.2) is 48.4 Å². The van der Waals surface area contributed by atoms with Gasteiger partial charge in [-0.15, -0.1) is 0 Å². The molecule has 2 saturated heterocycles. The van der Waals surface area contributed by atoms with Crippen LogP contribution in [0.2, 0.25) is 0 Å². The Balaban J connectivity index is 1.47. The molecule has 0 spiro atoms. The highest BCUT2D eigenvalue weighted by Crippen LogP contribution is 2.38. The van der Waals surface area contributed by atoms with Gasteiger partial charge in [0.2, 0.25) is 0 Å². The number of amides is 1. The van der Waals surface area contributed by atoms with Crippen molar-refractivity contribution in [2.45, 2.75) is 50.8 Å². The number of aliphatic hydroxyl groups excluding tert-OH is 1. The number of nitrogens with one attached hydrogen (secondary N) is 1. The van der Waals surface area contributed by atoms with Crippen LogP contribution in [0.5, 0.6) is 0 Å². The molecule has 0 unspecified atom stereocenters. The maximum atomic E-state index is 11.8. The first-order chi connectivity index (χ1) is 16.6. The van der Waals surface area contributed by atoms with Gasteiger partial charge in [-0.1, -0.05) is 55.5 Å². The average molecular weight is 467 g/mol. The third kappa shape index (κ3) is 6.67. The Morgan fingerprint density at radius 1 is 1.06 bits per heavy atom. The number of likely N-dealkylation sites (tertiary alicyclic amines) is 1. The van der Waals surface area contributed by atoms with Crippen LogP contribution in [-0.2, 0) is 20.8 Å². The van der Waals surface area contributed by atoms with Gasteiger partial charge < -0.3 is 24.2 Å². The number of aliphatic hydroxyl groups is 1. The molecule has 2 aromatic carbocycles. The van der Waals surface area contributed by atoms with Crippen LogP contribution < -0.4 is 5.32 Å². The van der Waals surface area contributed by atoms with Crippen LogP contribution in [0.1, 0.15) is 54.8 Å². The lowest BCUT2D eigenvalue weighted by molar-refractivity contribution is -0.253. The second kappa shape index (κ2) is 12.1. The monoisotopic (exact) mass is 466 g/mol. The number of anilines is 1.